The Morgan fingerprint density at radius 2 is 1.25 bits per heavy atom. The summed E-state index contributed by atoms with van der Waals surface area (Å²) in [7, 11) is 0. The lowest BCUT2D eigenvalue weighted by Gasteiger charge is -2.02. The number of hydrogen-bond acceptors (Lipinski definition) is 6. The molecule has 0 fully saturated rings. The van der Waals surface area contributed by atoms with Gasteiger partial charge in [-0.05, 0) is 0 Å². The van der Waals surface area contributed by atoms with Gasteiger partial charge in [0.05, 0.1) is 10.7 Å². The highest BCUT2D eigenvalue weighted by atomic mass is 79.9. The predicted octanol–water partition coefficient (Wildman–Crippen LogP) is 1.61. The van der Waals surface area contributed by atoms with Crippen molar-refractivity contribution in [3.05, 3.63) is 0 Å². The Morgan fingerprint density at radius 3 is 1.44 bits per heavy atom. The van der Waals surface area contributed by atoms with Crippen molar-refractivity contribution in [2.24, 2.45) is 10.3 Å². The Balaban J connectivity index is 4.74. The van der Waals surface area contributed by atoms with E-state index in [1.54, 1.807) is 0 Å². The molecule has 0 spiro atoms. The molecule has 0 N–H and O–H groups in total. The van der Waals surface area contributed by atoms with E-state index in [2.05, 4.69) is 51.8 Å². The van der Waals surface area contributed by atoms with E-state index in [0.29, 0.717) is 22.1 Å². The summed E-state index contributed by atoms with van der Waals surface area (Å²) < 4.78 is 0. The average Bonchev–Trinajstić information content (AvgIpc) is 2.22. The van der Waals surface area contributed by atoms with Crippen LogP contribution >= 0.6 is 31.9 Å². The summed E-state index contributed by atoms with van der Waals surface area (Å²) in [6.07, 6.45) is 0. The molecule has 0 aromatic rings. The summed E-state index contributed by atoms with van der Waals surface area (Å²) in [5.74, 6) is -1.08. The van der Waals surface area contributed by atoms with Crippen LogP contribution in [0.3, 0.4) is 0 Å². The fourth-order valence-electron chi connectivity index (χ4n) is 0.547. The molecular formula is C8H10Br2N2O4. The van der Waals surface area contributed by atoms with Gasteiger partial charge in [0.25, 0.3) is 0 Å². The maximum Gasteiger partial charge on any atom is 0.331 e. The first-order valence-electron chi connectivity index (χ1n) is 4.12. The smallest absolute Gasteiger partial charge is 0.318 e. The lowest BCUT2D eigenvalue weighted by atomic mass is 10.3. The lowest BCUT2D eigenvalue weighted by molar-refractivity contribution is -0.142. The van der Waals surface area contributed by atoms with Crippen LogP contribution in [0.15, 0.2) is 10.3 Å². The number of nitrogens with zero attached hydrogens (tertiary/aromatic N) is 2. The Bertz CT molecular complexity index is 296. The van der Waals surface area contributed by atoms with Crippen molar-refractivity contribution >= 4 is 55.2 Å². The van der Waals surface area contributed by atoms with Gasteiger partial charge in [-0.2, -0.15) is 0 Å². The molecule has 90 valence electrons. The fourth-order valence-corrected chi connectivity index (χ4v) is 1.40. The highest BCUT2D eigenvalue weighted by molar-refractivity contribution is 9.10. The molecule has 0 aromatic heterocycles. The van der Waals surface area contributed by atoms with Crippen LogP contribution in [-0.2, 0) is 19.3 Å². The molecule has 6 nitrogen and oxygen atoms in total. The molecule has 0 heterocycles. The van der Waals surface area contributed by atoms with Gasteiger partial charge in [-0.25, -0.2) is 9.59 Å². The first-order valence-corrected chi connectivity index (χ1v) is 6.36. The summed E-state index contributed by atoms with van der Waals surface area (Å²) in [6, 6.07) is 0. The van der Waals surface area contributed by atoms with Crippen LogP contribution in [-0.4, -0.2) is 34.0 Å². The minimum Gasteiger partial charge on any atom is -0.318 e. The Labute approximate surface area is 109 Å². The summed E-state index contributed by atoms with van der Waals surface area (Å²) in [5, 5.41) is 7.74. The molecule has 0 bridgehead atoms. The van der Waals surface area contributed by atoms with Crippen molar-refractivity contribution in [1.29, 1.82) is 0 Å². The third kappa shape index (κ3) is 6.67. The third-order valence-corrected chi connectivity index (χ3v) is 2.22. The summed E-state index contributed by atoms with van der Waals surface area (Å²) in [5.41, 5.74) is 0.710. The highest BCUT2D eigenvalue weighted by Crippen LogP contribution is 1.98. The zero-order chi connectivity index (χ0) is 12.6. The van der Waals surface area contributed by atoms with Gasteiger partial charge in [0, 0.05) is 13.8 Å². The van der Waals surface area contributed by atoms with Crippen LogP contribution in [0, 0.1) is 0 Å². The second-order valence-electron chi connectivity index (χ2n) is 2.51. The van der Waals surface area contributed by atoms with Crippen molar-refractivity contribution in [2.45, 2.75) is 13.8 Å². The van der Waals surface area contributed by atoms with Crippen LogP contribution in [0.1, 0.15) is 13.8 Å². The minimum absolute atomic E-state index is 0.311. The molecule has 16 heavy (non-hydrogen) atoms. The topological polar surface area (TPSA) is 77.3 Å². The molecular weight excluding hydrogens is 348 g/mol. The van der Waals surface area contributed by atoms with E-state index in [0.717, 1.165) is 0 Å². The number of alkyl halides is 2. The second-order valence-corrected chi connectivity index (χ2v) is 3.63. The maximum absolute atomic E-state index is 10.6. The van der Waals surface area contributed by atoms with Crippen molar-refractivity contribution in [2.75, 3.05) is 10.7 Å². The number of oxime groups is 2. The number of rotatable bonds is 5. The normalized spacial score (nSPS) is 12.2. The van der Waals surface area contributed by atoms with Crippen LogP contribution in [0.4, 0.5) is 0 Å². The van der Waals surface area contributed by atoms with Crippen molar-refractivity contribution in [3.8, 4) is 0 Å². The Kier molecular flexibility index (Phi) is 8.00. The van der Waals surface area contributed by atoms with E-state index in [1.807, 2.05) is 0 Å². The van der Waals surface area contributed by atoms with Gasteiger partial charge in [0.1, 0.15) is 11.4 Å². The van der Waals surface area contributed by atoms with E-state index in [-0.39, 0.29) is 0 Å². The summed E-state index contributed by atoms with van der Waals surface area (Å²) in [6.45, 7) is 2.46. The molecule has 0 saturated heterocycles. The van der Waals surface area contributed by atoms with Crippen molar-refractivity contribution in [1.82, 2.24) is 0 Å². The Morgan fingerprint density at radius 1 is 0.938 bits per heavy atom. The van der Waals surface area contributed by atoms with E-state index in [9.17, 15) is 9.59 Å². The van der Waals surface area contributed by atoms with Gasteiger partial charge < -0.3 is 9.68 Å². The van der Waals surface area contributed by atoms with E-state index in [1.165, 1.54) is 13.8 Å². The van der Waals surface area contributed by atoms with Crippen LogP contribution in [0.2, 0.25) is 0 Å². The minimum atomic E-state index is -0.542. The summed E-state index contributed by atoms with van der Waals surface area (Å²) in [4.78, 5) is 30.0. The standard InChI is InChI=1S/C8H10Br2N2O4/c1-5(13)15-11-7(3-9)8(4-10)12-16-6(2)14/h3-4H2,1-2H3/b11-7-,12-8-. The number of halogens is 2. The first kappa shape index (κ1) is 15.2. The third-order valence-electron chi connectivity index (χ3n) is 1.16. The number of hydrogen-bond donors (Lipinski definition) is 0. The van der Waals surface area contributed by atoms with Crippen LogP contribution in [0.25, 0.3) is 0 Å². The Hall–Kier alpha value is -0.760. The molecule has 0 aliphatic heterocycles. The van der Waals surface area contributed by atoms with Crippen LogP contribution in [0.5, 0.6) is 0 Å². The summed E-state index contributed by atoms with van der Waals surface area (Å²) >= 11 is 6.30. The van der Waals surface area contributed by atoms with Gasteiger partial charge in [-0.1, -0.05) is 42.2 Å². The molecule has 0 rings (SSSR count). The zero-order valence-electron chi connectivity index (χ0n) is 8.70. The SMILES string of the molecule is CC(=O)O/N=C(CBr)\C(CBr)=N/OC(C)=O. The average molecular weight is 358 g/mol. The molecule has 0 unspecified atom stereocenters. The van der Waals surface area contributed by atoms with Gasteiger partial charge in [-0.3, -0.25) is 0 Å². The molecule has 0 atom stereocenters. The first-order chi connectivity index (χ1) is 7.51. The molecule has 0 aromatic carbocycles. The molecule has 0 amide bonds. The molecule has 0 aliphatic rings. The fraction of sp³-hybridized carbons (Fsp3) is 0.500. The molecule has 0 aliphatic carbocycles. The predicted molar refractivity (Wildman–Crippen MR) is 66.0 cm³/mol. The van der Waals surface area contributed by atoms with Crippen molar-refractivity contribution < 1.29 is 19.3 Å². The quantitative estimate of drug-likeness (QED) is 0.324. The maximum atomic E-state index is 10.6. The number of carbonyl (C=O) groups excluding carboxylic acids is 2. The van der Waals surface area contributed by atoms with Crippen LogP contribution < -0.4 is 0 Å². The molecule has 8 heteroatoms. The van der Waals surface area contributed by atoms with Gasteiger partial charge in [-0.15, -0.1) is 0 Å². The largest absolute Gasteiger partial charge is 0.331 e. The molecule has 0 radical (unpaired) electrons. The van der Waals surface area contributed by atoms with E-state index >= 15 is 0 Å². The van der Waals surface area contributed by atoms with E-state index in [4.69, 9.17) is 0 Å². The van der Waals surface area contributed by atoms with Gasteiger partial charge in [0.2, 0.25) is 0 Å². The van der Waals surface area contributed by atoms with Gasteiger partial charge in [0.15, 0.2) is 0 Å². The highest BCUT2D eigenvalue weighted by Gasteiger charge is 2.10. The van der Waals surface area contributed by atoms with E-state index < -0.39 is 11.9 Å². The zero-order valence-corrected chi connectivity index (χ0v) is 11.9. The lowest BCUT2D eigenvalue weighted by Crippen LogP contribution is -2.19. The number of carbonyl (C=O) groups is 2. The molecule has 0 saturated carbocycles. The second kappa shape index (κ2) is 8.40. The monoisotopic (exact) mass is 356 g/mol. The van der Waals surface area contributed by atoms with Crippen molar-refractivity contribution in [3.63, 3.8) is 0 Å². The van der Waals surface area contributed by atoms with Gasteiger partial charge >= 0.3 is 11.9 Å².